The first kappa shape index (κ1) is 11.8. The van der Waals surface area contributed by atoms with E-state index in [1.54, 1.807) is 8.93 Å². The van der Waals surface area contributed by atoms with E-state index in [4.69, 9.17) is 0 Å². The molecular weight excluding hydrogens is 410 g/mol. The minimum absolute atomic E-state index is 0.984. The van der Waals surface area contributed by atoms with Crippen LogP contribution in [0.15, 0.2) is 23.2 Å². The van der Waals surface area contributed by atoms with E-state index >= 15 is 0 Å². The SMILES string of the molecule is CCN(CI)c1ccc(SI)cn1. The molecule has 0 fully saturated rings. The van der Waals surface area contributed by atoms with E-state index in [0.717, 1.165) is 16.9 Å². The van der Waals surface area contributed by atoms with Crippen LogP contribution in [-0.4, -0.2) is 16.1 Å². The first-order valence-electron chi connectivity index (χ1n) is 3.87. The van der Waals surface area contributed by atoms with Crippen LogP contribution in [0.25, 0.3) is 0 Å². The summed E-state index contributed by atoms with van der Waals surface area (Å²) in [7, 11) is 1.69. The maximum Gasteiger partial charge on any atom is 0.129 e. The zero-order valence-corrected chi connectivity index (χ0v) is 12.3. The summed E-state index contributed by atoms with van der Waals surface area (Å²) in [6, 6.07) is 4.18. The van der Waals surface area contributed by atoms with Crippen LogP contribution in [-0.2, 0) is 0 Å². The minimum Gasteiger partial charge on any atom is -0.348 e. The molecule has 1 aromatic rings. The molecule has 1 rings (SSSR count). The fraction of sp³-hybridized carbons (Fsp3) is 0.375. The highest BCUT2D eigenvalue weighted by Gasteiger charge is 2.02. The lowest BCUT2D eigenvalue weighted by Gasteiger charge is -2.18. The highest BCUT2D eigenvalue weighted by Crippen LogP contribution is 2.25. The molecule has 0 saturated heterocycles. The molecule has 0 N–H and O–H groups in total. The Morgan fingerprint density at radius 1 is 1.54 bits per heavy atom. The second-order valence-electron chi connectivity index (χ2n) is 2.40. The van der Waals surface area contributed by atoms with E-state index in [-0.39, 0.29) is 0 Å². The number of alkyl halides is 1. The molecule has 0 radical (unpaired) electrons. The molecule has 0 spiro atoms. The highest BCUT2D eigenvalue weighted by atomic mass is 127. The molecule has 0 unspecified atom stereocenters. The third kappa shape index (κ3) is 3.43. The van der Waals surface area contributed by atoms with Gasteiger partial charge in [0.2, 0.25) is 0 Å². The second kappa shape index (κ2) is 6.28. The van der Waals surface area contributed by atoms with Gasteiger partial charge in [0, 0.05) is 38.8 Å². The Kier molecular flexibility index (Phi) is 5.72. The van der Waals surface area contributed by atoms with Crippen molar-refractivity contribution in [3.05, 3.63) is 18.3 Å². The fourth-order valence-corrected chi connectivity index (χ4v) is 2.74. The lowest BCUT2D eigenvalue weighted by Crippen LogP contribution is -2.21. The Balaban J connectivity index is 2.78. The largest absolute Gasteiger partial charge is 0.348 e. The van der Waals surface area contributed by atoms with Gasteiger partial charge in [-0.1, -0.05) is 31.5 Å². The average Bonchev–Trinajstić information content (AvgIpc) is 2.21. The Morgan fingerprint density at radius 3 is 2.69 bits per heavy atom. The van der Waals surface area contributed by atoms with Crippen LogP contribution >= 0.6 is 52.7 Å². The normalized spacial score (nSPS) is 10.1. The number of hydrogen-bond donors (Lipinski definition) is 0. The van der Waals surface area contributed by atoms with Gasteiger partial charge in [0.1, 0.15) is 5.82 Å². The van der Waals surface area contributed by atoms with Crippen molar-refractivity contribution in [3.8, 4) is 0 Å². The van der Waals surface area contributed by atoms with E-state index in [9.17, 15) is 0 Å². The Hall–Kier alpha value is 0.760. The third-order valence-corrected chi connectivity index (χ3v) is 4.43. The van der Waals surface area contributed by atoms with Crippen LogP contribution in [0, 0.1) is 0 Å². The van der Waals surface area contributed by atoms with Crippen LogP contribution in [0.3, 0.4) is 0 Å². The molecule has 13 heavy (non-hydrogen) atoms. The predicted octanol–water partition coefficient (Wildman–Crippen LogP) is 3.74. The first-order valence-corrected chi connectivity index (χ1v) is 8.75. The maximum atomic E-state index is 4.39. The molecule has 0 aliphatic rings. The number of anilines is 1. The first-order chi connectivity index (χ1) is 6.31. The van der Waals surface area contributed by atoms with E-state index in [2.05, 4.69) is 72.7 Å². The average molecular weight is 420 g/mol. The lowest BCUT2D eigenvalue weighted by molar-refractivity contribution is 0.925. The van der Waals surface area contributed by atoms with E-state index in [0.29, 0.717) is 0 Å². The summed E-state index contributed by atoms with van der Waals surface area (Å²) in [5.74, 6) is 1.06. The van der Waals surface area contributed by atoms with Gasteiger partial charge in [-0.05, 0) is 19.1 Å². The molecule has 0 aliphatic carbocycles. The molecule has 5 heteroatoms. The van der Waals surface area contributed by atoms with Crippen LogP contribution in [0.1, 0.15) is 6.92 Å². The summed E-state index contributed by atoms with van der Waals surface area (Å²) in [6.45, 7) is 3.15. The summed E-state index contributed by atoms with van der Waals surface area (Å²) in [6.07, 6.45) is 1.92. The number of aromatic nitrogens is 1. The minimum atomic E-state index is 0.984. The molecule has 0 aliphatic heterocycles. The molecule has 72 valence electrons. The summed E-state index contributed by atoms with van der Waals surface area (Å²) in [4.78, 5) is 7.81. The monoisotopic (exact) mass is 420 g/mol. The van der Waals surface area contributed by atoms with Crippen LogP contribution < -0.4 is 4.90 Å². The van der Waals surface area contributed by atoms with Crippen molar-refractivity contribution in [1.82, 2.24) is 4.98 Å². The van der Waals surface area contributed by atoms with Gasteiger partial charge in [-0.2, -0.15) is 0 Å². The van der Waals surface area contributed by atoms with E-state index in [1.807, 2.05) is 6.20 Å². The van der Waals surface area contributed by atoms with Gasteiger partial charge in [-0.15, -0.1) is 0 Å². The second-order valence-corrected chi connectivity index (χ2v) is 5.03. The van der Waals surface area contributed by atoms with Gasteiger partial charge in [-0.25, -0.2) is 4.98 Å². The molecular formula is C8H10I2N2S. The standard InChI is InChI=1S/C8H10I2N2S/c1-2-12(6-9)8-4-3-7(13-10)5-11-8/h3-5H,2,6H2,1H3. The Morgan fingerprint density at radius 2 is 2.31 bits per heavy atom. The topological polar surface area (TPSA) is 16.1 Å². The number of rotatable bonds is 4. The lowest BCUT2D eigenvalue weighted by atomic mass is 10.4. The van der Waals surface area contributed by atoms with Crippen molar-refractivity contribution in [2.24, 2.45) is 0 Å². The number of halogens is 2. The summed E-state index contributed by atoms with van der Waals surface area (Å²) in [5, 5.41) is 0. The predicted molar refractivity (Wildman–Crippen MR) is 76.0 cm³/mol. The molecule has 2 nitrogen and oxygen atoms in total. The van der Waals surface area contributed by atoms with Crippen molar-refractivity contribution >= 4 is 58.5 Å². The van der Waals surface area contributed by atoms with Gasteiger partial charge in [0.25, 0.3) is 0 Å². The number of nitrogens with zero attached hydrogens (tertiary/aromatic N) is 2. The van der Waals surface area contributed by atoms with E-state index < -0.39 is 0 Å². The van der Waals surface area contributed by atoms with Crippen LogP contribution in [0.2, 0.25) is 0 Å². The summed E-state index contributed by atoms with van der Waals surface area (Å²) < 4.78 is 0.984. The number of hydrogen-bond acceptors (Lipinski definition) is 3. The van der Waals surface area contributed by atoms with Crippen molar-refractivity contribution in [2.45, 2.75) is 11.8 Å². The fourth-order valence-electron chi connectivity index (χ4n) is 0.913. The molecule has 1 heterocycles. The van der Waals surface area contributed by atoms with Crippen LogP contribution in [0.5, 0.6) is 0 Å². The van der Waals surface area contributed by atoms with E-state index in [1.165, 1.54) is 4.90 Å². The molecule has 0 atom stereocenters. The van der Waals surface area contributed by atoms with Gasteiger partial charge >= 0.3 is 0 Å². The Bertz CT molecular complexity index is 249. The molecule has 1 aromatic heterocycles. The zero-order valence-electron chi connectivity index (χ0n) is 7.20. The molecule has 0 bridgehead atoms. The quantitative estimate of drug-likeness (QED) is 0.420. The van der Waals surface area contributed by atoms with Gasteiger partial charge < -0.3 is 4.90 Å². The van der Waals surface area contributed by atoms with Gasteiger partial charge in [0.15, 0.2) is 0 Å². The molecule has 0 amide bonds. The summed E-state index contributed by atoms with van der Waals surface area (Å²) >= 11 is 4.61. The van der Waals surface area contributed by atoms with Crippen molar-refractivity contribution in [3.63, 3.8) is 0 Å². The molecule has 0 aromatic carbocycles. The Labute approximate surface area is 109 Å². The number of pyridine rings is 1. The van der Waals surface area contributed by atoms with Crippen molar-refractivity contribution in [1.29, 1.82) is 0 Å². The maximum absolute atomic E-state index is 4.39. The third-order valence-electron chi connectivity index (χ3n) is 1.66. The summed E-state index contributed by atoms with van der Waals surface area (Å²) in [5.41, 5.74) is 0. The highest BCUT2D eigenvalue weighted by molar-refractivity contribution is 14.2. The van der Waals surface area contributed by atoms with Gasteiger partial charge in [0.05, 0.1) is 4.55 Å². The van der Waals surface area contributed by atoms with Crippen molar-refractivity contribution < 1.29 is 0 Å². The van der Waals surface area contributed by atoms with Gasteiger partial charge in [-0.3, -0.25) is 0 Å². The van der Waals surface area contributed by atoms with Crippen LogP contribution in [0.4, 0.5) is 5.82 Å². The molecule has 0 saturated carbocycles. The van der Waals surface area contributed by atoms with Crippen molar-refractivity contribution in [2.75, 3.05) is 16.0 Å². The smallest absolute Gasteiger partial charge is 0.129 e. The zero-order chi connectivity index (χ0) is 9.68.